The fourth-order valence-corrected chi connectivity index (χ4v) is 1.66. The van der Waals surface area contributed by atoms with E-state index in [2.05, 4.69) is 50.0 Å². The summed E-state index contributed by atoms with van der Waals surface area (Å²) in [5.74, 6) is 1.84. The highest BCUT2D eigenvalue weighted by Gasteiger charge is 2.04. The second-order valence-electron chi connectivity index (χ2n) is 5.05. The number of unbranched alkanes of at least 4 members (excludes halogenated alkanes) is 1. The highest BCUT2D eigenvalue weighted by molar-refractivity contribution is 14.0. The van der Waals surface area contributed by atoms with Gasteiger partial charge in [0.15, 0.2) is 5.96 Å². The zero-order chi connectivity index (χ0) is 13.1. The molecule has 0 radical (unpaired) electrons. The minimum atomic E-state index is 0. The van der Waals surface area contributed by atoms with Gasteiger partial charge in [0, 0.05) is 26.7 Å². The first-order valence-electron chi connectivity index (χ1n) is 7.11. The quantitative estimate of drug-likeness (QED) is 0.306. The Morgan fingerprint density at radius 3 is 2.39 bits per heavy atom. The molecule has 0 aromatic heterocycles. The molecule has 0 heterocycles. The second-order valence-corrected chi connectivity index (χ2v) is 5.05. The molecule has 0 unspecified atom stereocenters. The van der Waals surface area contributed by atoms with Crippen LogP contribution >= 0.6 is 24.0 Å². The van der Waals surface area contributed by atoms with Crippen LogP contribution in [-0.2, 0) is 0 Å². The number of guanidine groups is 1. The summed E-state index contributed by atoms with van der Waals surface area (Å²) in [6.07, 6.45) is 4.92. The number of halogens is 1. The molecular weight excluding hydrogens is 337 g/mol. The Morgan fingerprint density at radius 2 is 1.89 bits per heavy atom. The summed E-state index contributed by atoms with van der Waals surface area (Å²) >= 11 is 0. The molecule has 0 aromatic carbocycles. The van der Waals surface area contributed by atoms with E-state index in [4.69, 9.17) is 0 Å². The van der Waals surface area contributed by atoms with Crippen molar-refractivity contribution < 1.29 is 0 Å². The van der Waals surface area contributed by atoms with E-state index in [1.54, 1.807) is 0 Å². The van der Waals surface area contributed by atoms with Crippen LogP contribution in [0.3, 0.4) is 0 Å². The molecule has 3 nitrogen and oxygen atoms in total. The van der Waals surface area contributed by atoms with Crippen molar-refractivity contribution in [3.05, 3.63) is 0 Å². The molecule has 0 aromatic rings. The topological polar surface area (TPSA) is 27.6 Å². The smallest absolute Gasteiger partial charge is 0.193 e. The third-order valence-electron chi connectivity index (χ3n) is 2.74. The normalized spacial score (nSPS) is 11.3. The third-order valence-corrected chi connectivity index (χ3v) is 2.74. The summed E-state index contributed by atoms with van der Waals surface area (Å²) in [6, 6.07) is 0. The van der Waals surface area contributed by atoms with Gasteiger partial charge in [-0.05, 0) is 32.1 Å². The molecule has 0 fully saturated rings. The first kappa shape index (κ1) is 20.3. The van der Waals surface area contributed by atoms with Gasteiger partial charge in [-0.25, -0.2) is 0 Å². The van der Waals surface area contributed by atoms with Gasteiger partial charge >= 0.3 is 0 Å². The maximum atomic E-state index is 4.67. The van der Waals surface area contributed by atoms with Crippen molar-refractivity contribution in [3.8, 4) is 0 Å². The van der Waals surface area contributed by atoms with Crippen molar-refractivity contribution >= 4 is 29.9 Å². The lowest BCUT2D eigenvalue weighted by Gasteiger charge is -2.21. The average Bonchev–Trinajstić information content (AvgIpc) is 2.29. The van der Waals surface area contributed by atoms with Crippen molar-refractivity contribution in [2.45, 2.75) is 53.4 Å². The minimum absolute atomic E-state index is 0. The first-order valence-corrected chi connectivity index (χ1v) is 7.11. The van der Waals surface area contributed by atoms with Gasteiger partial charge in [-0.2, -0.15) is 0 Å². The Bertz CT molecular complexity index is 205. The summed E-state index contributed by atoms with van der Waals surface area (Å²) in [5, 5.41) is 3.36. The molecule has 110 valence electrons. The Hall–Kier alpha value is 0. The molecule has 0 amide bonds. The Labute approximate surface area is 131 Å². The molecule has 0 spiro atoms. The molecule has 0 saturated heterocycles. The van der Waals surface area contributed by atoms with E-state index in [1.165, 1.54) is 25.7 Å². The SMILES string of the molecule is CCCCN(C)C(=NCCCC(C)C)NCC.I. The molecule has 4 heteroatoms. The molecule has 0 saturated carbocycles. The van der Waals surface area contributed by atoms with Crippen LogP contribution in [0.15, 0.2) is 4.99 Å². The minimum Gasteiger partial charge on any atom is -0.357 e. The molecule has 0 bridgehead atoms. The summed E-state index contributed by atoms with van der Waals surface area (Å²) in [5.41, 5.74) is 0. The van der Waals surface area contributed by atoms with Crippen LogP contribution in [0, 0.1) is 5.92 Å². The largest absolute Gasteiger partial charge is 0.357 e. The summed E-state index contributed by atoms with van der Waals surface area (Å²) in [4.78, 5) is 6.91. The number of nitrogens with zero attached hydrogens (tertiary/aromatic N) is 2. The van der Waals surface area contributed by atoms with Gasteiger partial charge in [0.05, 0.1) is 0 Å². The maximum Gasteiger partial charge on any atom is 0.193 e. The lowest BCUT2D eigenvalue weighted by molar-refractivity contribution is 0.463. The number of rotatable bonds is 8. The van der Waals surface area contributed by atoms with Gasteiger partial charge < -0.3 is 10.2 Å². The van der Waals surface area contributed by atoms with Crippen LogP contribution in [-0.4, -0.2) is 37.5 Å². The summed E-state index contributed by atoms with van der Waals surface area (Å²) in [6.45, 7) is 11.9. The van der Waals surface area contributed by atoms with E-state index >= 15 is 0 Å². The lowest BCUT2D eigenvalue weighted by atomic mass is 10.1. The van der Waals surface area contributed by atoms with E-state index < -0.39 is 0 Å². The molecule has 0 aliphatic carbocycles. The molecular formula is C14H32IN3. The Morgan fingerprint density at radius 1 is 1.22 bits per heavy atom. The highest BCUT2D eigenvalue weighted by Crippen LogP contribution is 2.03. The van der Waals surface area contributed by atoms with Crippen LogP contribution in [0.2, 0.25) is 0 Å². The van der Waals surface area contributed by atoms with E-state index in [1.807, 2.05) is 0 Å². The van der Waals surface area contributed by atoms with E-state index in [-0.39, 0.29) is 24.0 Å². The average molecular weight is 369 g/mol. The predicted molar refractivity (Wildman–Crippen MR) is 93.0 cm³/mol. The Kier molecular flexibility index (Phi) is 15.2. The standard InChI is InChI=1S/C14H31N3.HI/c1-6-8-12-17(5)14(15-7-2)16-11-9-10-13(3)4;/h13H,6-12H2,1-5H3,(H,15,16);1H. The molecule has 0 rings (SSSR count). The fraction of sp³-hybridized carbons (Fsp3) is 0.929. The van der Waals surface area contributed by atoms with Gasteiger partial charge in [-0.1, -0.05) is 27.2 Å². The number of nitrogens with one attached hydrogen (secondary N) is 1. The van der Waals surface area contributed by atoms with Crippen molar-refractivity contribution in [1.82, 2.24) is 10.2 Å². The highest BCUT2D eigenvalue weighted by atomic mass is 127. The zero-order valence-electron chi connectivity index (χ0n) is 12.8. The fourth-order valence-electron chi connectivity index (χ4n) is 1.66. The predicted octanol–water partition coefficient (Wildman–Crippen LogP) is 3.74. The molecule has 0 atom stereocenters. The van der Waals surface area contributed by atoms with Crippen molar-refractivity contribution in [1.29, 1.82) is 0 Å². The zero-order valence-corrected chi connectivity index (χ0v) is 15.2. The van der Waals surface area contributed by atoms with Crippen LogP contribution in [0.4, 0.5) is 0 Å². The molecule has 0 aliphatic heterocycles. The van der Waals surface area contributed by atoms with Gasteiger partial charge in [-0.15, -0.1) is 24.0 Å². The van der Waals surface area contributed by atoms with E-state index in [0.717, 1.165) is 31.5 Å². The first-order chi connectivity index (χ1) is 8.11. The summed E-state index contributed by atoms with van der Waals surface area (Å²) < 4.78 is 0. The third kappa shape index (κ3) is 11.1. The molecule has 1 N–H and O–H groups in total. The van der Waals surface area contributed by atoms with Gasteiger partial charge in [0.2, 0.25) is 0 Å². The number of aliphatic imine (C=N–C) groups is 1. The van der Waals surface area contributed by atoms with Crippen molar-refractivity contribution in [3.63, 3.8) is 0 Å². The van der Waals surface area contributed by atoms with E-state index in [0.29, 0.717) is 0 Å². The molecule has 0 aliphatic rings. The van der Waals surface area contributed by atoms with Crippen molar-refractivity contribution in [2.24, 2.45) is 10.9 Å². The summed E-state index contributed by atoms with van der Waals surface area (Å²) in [7, 11) is 2.12. The van der Waals surface area contributed by atoms with Crippen LogP contribution < -0.4 is 5.32 Å². The van der Waals surface area contributed by atoms with Gasteiger partial charge in [0.1, 0.15) is 0 Å². The van der Waals surface area contributed by atoms with Crippen molar-refractivity contribution in [2.75, 3.05) is 26.7 Å². The van der Waals surface area contributed by atoms with Crippen LogP contribution in [0.25, 0.3) is 0 Å². The monoisotopic (exact) mass is 369 g/mol. The number of hydrogen-bond donors (Lipinski definition) is 1. The second kappa shape index (κ2) is 13.4. The van der Waals surface area contributed by atoms with Gasteiger partial charge in [-0.3, -0.25) is 4.99 Å². The maximum absolute atomic E-state index is 4.67. The molecule has 18 heavy (non-hydrogen) atoms. The number of hydrogen-bond acceptors (Lipinski definition) is 1. The Balaban J connectivity index is 0. The lowest BCUT2D eigenvalue weighted by Crippen LogP contribution is -2.39. The van der Waals surface area contributed by atoms with Crippen LogP contribution in [0.1, 0.15) is 53.4 Å². The van der Waals surface area contributed by atoms with Gasteiger partial charge in [0.25, 0.3) is 0 Å². The van der Waals surface area contributed by atoms with E-state index in [9.17, 15) is 0 Å². The van der Waals surface area contributed by atoms with Crippen LogP contribution in [0.5, 0.6) is 0 Å².